The Morgan fingerprint density at radius 2 is 2.18 bits per heavy atom. The molecule has 1 atom stereocenters. The first-order valence-electron chi connectivity index (χ1n) is 7.61. The number of amides is 1. The molecular formula is C17H25ClN2O2. The minimum Gasteiger partial charge on any atom is -0.375 e. The van der Waals surface area contributed by atoms with Crippen LogP contribution in [0.1, 0.15) is 18.9 Å². The second-order valence-electron chi connectivity index (χ2n) is 5.15. The maximum absolute atomic E-state index is 12.3. The maximum Gasteiger partial charge on any atom is 0.225 e. The average molecular weight is 325 g/mol. The zero-order chi connectivity index (χ0) is 14.9. The van der Waals surface area contributed by atoms with E-state index in [1.807, 2.05) is 36.1 Å². The predicted molar refractivity (Wildman–Crippen MR) is 92.2 cm³/mol. The van der Waals surface area contributed by atoms with Gasteiger partial charge in [0, 0.05) is 26.2 Å². The lowest BCUT2D eigenvalue weighted by Crippen LogP contribution is -2.42. The van der Waals surface area contributed by atoms with Crippen molar-refractivity contribution in [3.05, 3.63) is 42.0 Å². The van der Waals surface area contributed by atoms with E-state index < -0.39 is 0 Å². The normalized spacial score (nSPS) is 18.0. The summed E-state index contributed by atoms with van der Waals surface area (Å²) in [5.74, 6) is 0.156. The molecule has 1 aromatic rings. The van der Waals surface area contributed by atoms with Crippen LogP contribution in [0.3, 0.4) is 0 Å². The van der Waals surface area contributed by atoms with Crippen LogP contribution in [0.25, 0.3) is 6.08 Å². The second-order valence-corrected chi connectivity index (χ2v) is 5.15. The molecule has 1 saturated heterocycles. The Morgan fingerprint density at radius 1 is 1.41 bits per heavy atom. The van der Waals surface area contributed by atoms with Crippen molar-refractivity contribution in [3.63, 3.8) is 0 Å². The quantitative estimate of drug-likeness (QED) is 0.873. The van der Waals surface area contributed by atoms with Crippen LogP contribution in [-0.4, -0.2) is 49.7 Å². The van der Waals surface area contributed by atoms with Crippen LogP contribution in [0.5, 0.6) is 0 Å². The Labute approximate surface area is 138 Å². The Morgan fingerprint density at radius 3 is 2.82 bits per heavy atom. The molecule has 1 aromatic carbocycles. The van der Waals surface area contributed by atoms with Gasteiger partial charge in [0.2, 0.25) is 5.91 Å². The third kappa shape index (κ3) is 6.18. The summed E-state index contributed by atoms with van der Waals surface area (Å²) in [6.45, 7) is 5.71. The molecule has 1 aliphatic heterocycles. The number of rotatable bonds is 6. The van der Waals surface area contributed by atoms with Crippen LogP contribution in [-0.2, 0) is 9.53 Å². The van der Waals surface area contributed by atoms with Gasteiger partial charge in [-0.2, -0.15) is 0 Å². The number of hydrogen-bond donors (Lipinski definition) is 1. The van der Waals surface area contributed by atoms with Crippen molar-refractivity contribution in [2.45, 2.75) is 19.4 Å². The van der Waals surface area contributed by atoms with E-state index in [4.69, 9.17) is 4.74 Å². The summed E-state index contributed by atoms with van der Waals surface area (Å²) < 4.78 is 5.59. The Hall–Kier alpha value is -1.36. The van der Waals surface area contributed by atoms with Gasteiger partial charge in [-0.3, -0.25) is 4.79 Å². The van der Waals surface area contributed by atoms with Gasteiger partial charge in [0.15, 0.2) is 0 Å². The molecule has 0 spiro atoms. The number of nitrogens with zero attached hydrogens (tertiary/aromatic N) is 1. The molecule has 4 nitrogen and oxygen atoms in total. The number of halogens is 1. The summed E-state index contributed by atoms with van der Waals surface area (Å²) in [6.07, 6.45) is 4.56. The van der Waals surface area contributed by atoms with Crippen molar-refractivity contribution in [3.8, 4) is 0 Å². The van der Waals surface area contributed by atoms with E-state index in [1.165, 1.54) is 0 Å². The van der Waals surface area contributed by atoms with E-state index in [0.29, 0.717) is 19.6 Å². The van der Waals surface area contributed by atoms with Gasteiger partial charge in [-0.1, -0.05) is 42.5 Å². The molecule has 0 aliphatic carbocycles. The van der Waals surface area contributed by atoms with Crippen LogP contribution in [0, 0.1) is 0 Å². The molecule has 0 aromatic heterocycles. The van der Waals surface area contributed by atoms with Gasteiger partial charge in [-0.25, -0.2) is 0 Å². The number of benzene rings is 1. The number of carbonyl (C=O) groups excluding carboxylic acids is 1. The second kappa shape index (κ2) is 10.4. The summed E-state index contributed by atoms with van der Waals surface area (Å²) in [5, 5.41) is 3.25. The highest BCUT2D eigenvalue weighted by Gasteiger charge is 2.20. The number of carbonyl (C=O) groups is 1. The first-order chi connectivity index (χ1) is 10.3. The molecule has 1 aliphatic rings. The molecular weight excluding hydrogens is 300 g/mol. The highest BCUT2D eigenvalue weighted by molar-refractivity contribution is 5.85. The lowest BCUT2D eigenvalue weighted by molar-refractivity contribution is -0.134. The lowest BCUT2D eigenvalue weighted by Gasteiger charge is -2.26. The zero-order valence-corrected chi connectivity index (χ0v) is 13.8. The highest BCUT2D eigenvalue weighted by atomic mass is 35.5. The van der Waals surface area contributed by atoms with E-state index in [2.05, 4.69) is 23.5 Å². The minimum atomic E-state index is 0. The predicted octanol–water partition coefficient (Wildman–Crippen LogP) is 2.35. The van der Waals surface area contributed by atoms with Crippen molar-refractivity contribution >= 4 is 24.4 Å². The molecule has 0 saturated carbocycles. The minimum absolute atomic E-state index is 0. The standard InChI is InChI=1S/C17H24N2O2.ClH/c1-2-19(11-6-9-15-7-4-3-5-8-15)17(20)13-16-14-18-10-12-21-16;/h3-9,16,18H,2,10-14H2,1H3;1H. The molecule has 0 radical (unpaired) electrons. The maximum atomic E-state index is 12.3. The van der Waals surface area contributed by atoms with Gasteiger partial charge in [-0.15, -0.1) is 12.4 Å². The fourth-order valence-corrected chi connectivity index (χ4v) is 2.36. The molecule has 22 heavy (non-hydrogen) atoms. The van der Waals surface area contributed by atoms with Crippen LogP contribution < -0.4 is 5.32 Å². The number of hydrogen-bond acceptors (Lipinski definition) is 3. The third-order valence-corrected chi connectivity index (χ3v) is 3.58. The SMILES string of the molecule is CCN(CC=Cc1ccccc1)C(=O)CC1CNCCO1.Cl. The average Bonchev–Trinajstić information content (AvgIpc) is 2.53. The monoisotopic (exact) mass is 324 g/mol. The van der Waals surface area contributed by atoms with Gasteiger partial charge in [0.25, 0.3) is 0 Å². The van der Waals surface area contributed by atoms with Gasteiger partial charge in [-0.05, 0) is 12.5 Å². The lowest BCUT2D eigenvalue weighted by atomic mass is 10.2. The fraction of sp³-hybridized carbons (Fsp3) is 0.471. The molecule has 1 fully saturated rings. The highest BCUT2D eigenvalue weighted by Crippen LogP contribution is 2.06. The third-order valence-electron chi connectivity index (χ3n) is 3.58. The Kier molecular flexibility index (Phi) is 8.82. The molecule has 2 rings (SSSR count). The van der Waals surface area contributed by atoms with Crippen LogP contribution in [0.4, 0.5) is 0 Å². The molecule has 122 valence electrons. The number of ether oxygens (including phenoxy) is 1. The van der Waals surface area contributed by atoms with Crippen LogP contribution in [0.15, 0.2) is 36.4 Å². The molecule has 1 unspecified atom stereocenters. The van der Waals surface area contributed by atoms with Crippen molar-refractivity contribution in [1.82, 2.24) is 10.2 Å². The smallest absolute Gasteiger partial charge is 0.225 e. The molecule has 1 amide bonds. The fourth-order valence-electron chi connectivity index (χ4n) is 2.36. The van der Waals surface area contributed by atoms with Gasteiger partial charge < -0.3 is 15.0 Å². The van der Waals surface area contributed by atoms with E-state index in [-0.39, 0.29) is 24.4 Å². The van der Waals surface area contributed by atoms with E-state index in [9.17, 15) is 4.79 Å². The first kappa shape index (κ1) is 18.7. The summed E-state index contributed by atoms with van der Waals surface area (Å²) in [4.78, 5) is 14.1. The van der Waals surface area contributed by atoms with Crippen LogP contribution in [0.2, 0.25) is 0 Å². The Balaban J connectivity index is 0.00000242. The summed E-state index contributed by atoms with van der Waals surface area (Å²) in [6, 6.07) is 10.1. The zero-order valence-electron chi connectivity index (χ0n) is 13.0. The van der Waals surface area contributed by atoms with Crippen molar-refractivity contribution in [2.24, 2.45) is 0 Å². The van der Waals surface area contributed by atoms with Crippen molar-refractivity contribution in [2.75, 3.05) is 32.8 Å². The van der Waals surface area contributed by atoms with Crippen LogP contribution >= 0.6 is 12.4 Å². The van der Waals surface area contributed by atoms with Gasteiger partial charge in [0.1, 0.15) is 0 Å². The summed E-state index contributed by atoms with van der Waals surface area (Å²) in [7, 11) is 0. The molecule has 0 bridgehead atoms. The Bertz CT molecular complexity index is 459. The van der Waals surface area contributed by atoms with Gasteiger partial charge in [0.05, 0.1) is 19.1 Å². The molecule has 1 N–H and O–H groups in total. The molecule has 1 heterocycles. The molecule has 5 heteroatoms. The first-order valence-corrected chi connectivity index (χ1v) is 7.61. The summed E-state index contributed by atoms with van der Waals surface area (Å²) >= 11 is 0. The number of morpholine rings is 1. The van der Waals surface area contributed by atoms with Crippen molar-refractivity contribution < 1.29 is 9.53 Å². The number of nitrogens with one attached hydrogen (secondary N) is 1. The van der Waals surface area contributed by atoms with E-state index >= 15 is 0 Å². The number of likely N-dealkylation sites (N-methyl/N-ethyl adjacent to an activating group) is 1. The largest absolute Gasteiger partial charge is 0.375 e. The topological polar surface area (TPSA) is 41.6 Å². The summed E-state index contributed by atoms with van der Waals surface area (Å²) in [5.41, 5.74) is 1.15. The van der Waals surface area contributed by atoms with Crippen molar-refractivity contribution in [1.29, 1.82) is 0 Å². The van der Waals surface area contributed by atoms with Gasteiger partial charge >= 0.3 is 0 Å². The van der Waals surface area contributed by atoms with E-state index in [1.54, 1.807) is 0 Å². The van der Waals surface area contributed by atoms with E-state index in [0.717, 1.165) is 25.2 Å².